The molecule has 0 nitrogen and oxygen atoms in total. The quantitative estimate of drug-likeness (QED) is 0.713. The molecule has 0 unspecified atom stereocenters. The Kier molecular flexibility index (Phi) is 5.49. The van der Waals surface area contributed by atoms with Crippen molar-refractivity contribution in [2.75, 3.05) is 0 Å². The second kappa shape index (κ2) is 7.60. The number of hydrogen-bond donors (Lipinski definition) is 0. The Morgan fingerprint density at radius 1 is 0.917 bits per heavy atom. The molecule has 0 aliphatic heterocycles. The summed E-state index contributed by atoms with van der Waals surface area (Å²) < 4.78 is 27.6. The molecule has 0 heterocycles. The second-order valence-electron chi connectivity index (χ2n) is 7.37. The highest BCUT2D eigenvalue weighted by atomic mass is 28.2. The molecule has 0 atom stereocenters. The number of benzene rings is 2. The topological polar surface area (TPSA) is 0 Å². The molecule has 0 N–H and O–H groups in total. The third kappa shape index (κ3) is 3.94. The van der Waals surface area contributed by atoms with Crippen molar-refractivity contribution in [2.45, 2.75) is 51.5 Å². The molecule has 2 aromatic rings. The fourth-order valence-corrected chi connectivity index (χ4v) is 5.26. The van der Waals surface area contributed by atoms with Gasteiger partial charge in [0.15, 0.2) is 11.6 Å². The SMILES string of the molecule is Cc1ccc([SiH2]Cc2ccc(C3CCC(C)CC3)cc2)c(F)c1F. The van der Waals surface area contributed by atoms with Gasteiger partial charge in [-0.1, -0.05) is 61.7 Å². The van der Waals surface area contributed by atoms with Gasteiger partial charge < -0.3 is 0 Å². The van der Waals surface area contributed by atoms with Crippen LogP contribution >= 0.6 is 0 Å². The lowest BCUT2D eigenvalue weighted by molar-refractivity contribution is 0.348. The molecule has 3 rings (SSSR count). The summed E-state index contributed by atoms with van der Waals surface area (Å²) in [6.45, 7) is 3.95. The molecule has 3 heteroatoms. The van der Waals surface area contributed by atoms with Crippen LogP contribution in [0.4, 0.5) is 8.78 Å². The zero-order chi connectivity index (χ0) is 17.1. The molecule has 2 aromatic carbocycles. The Hall–Kier alpha value is -1.48. The highest BCUT2D eigenvalue weighted by Crippen LogP contribution is 2.35. The van der Waals surface area contributed by atoms with Gasteiger partial charge in [0.25, 0.3) is 0 Å². The number of hydrogen-bond acceptors (Lipinski definition) is 0. The molecule has 0 spiro atoms. The fourth-order valence-electron chi connectivity index (χ4n) is 3.71. The lowest BCUT2D eigenvalue weighted by atomic mass is 9.79. The van der Waals surface area contributed by atoms with Gasteiger partial charge in [-0.25, -0.2) is 8.78 Å². The number of rotatable bonds is 4. The first-order valence-corrected chi connectivity index (χ1v) is 10.8. The molecule has 1 aliphatic rings. The van der Waals surface area contributed by atoms with Gasteiger partial charge in [-0.3, -0.25) is 0 Å². The van der Waals surface area contributed by atoms with Gasteiger partial charge in [0.1, 0.15) is 0 Å². The first-order chi connectivity index (χ1) is 11.5. The monoisotopic (exact) mass is 344 g/mol. The van der Waals surface area contributed by atoms with E-state index in [1.165, 1.54) is 36.8 Å². The van der Waals surface area contributed by atoms with E-state index in [-0.39, 0.29) is 0 Å². The van der Waals surface area contributed by atoms with E-state index >= 15 is 0 Å². The highest BCUT2D eigenvalue weighted by molar-refractivity contribution is 6.53. The van der Waals surface area contributed by atoms with Crippen LogP contribution in [0.2, 0.25) is 0 Å². The van der Waals surface area contributed by atoms with Crippen molar-refractivity contribution in [1.29, 1.82) is 0 Å². The molecule has 0 aromatic heterocycles. The van der Waals surface area contributed by atoms with Gasteiger partial charge in [-0.2, -0.15) is 0 Å². The normalized spacial score (nSPS) is 21.5. The molecule has 0 radical (unpaired) electrons. The first-order valence-electron chi connectivity index (χ1n) is 9.07. The van der Waals surface area contributed by atoms with E-state index in [0.717, 1.165) is 12.0 Å². The predicted octanol–water partition coefficient (Wildman–Crippen LogP) is 4.56. The van der Waals surface area contributed by atoms with Gasteiger partial charge in [0.05, 0.1) is 9.52 Å². The summed E-state index contributed by atoms with van der Waals surface area (Å²) in [5.41, 5.74) is 3.08. The number of halogens is 2. The third-order valence-electron chi connectivity index (χ3n) is 5.51. The van der Waals surface area contributed by atoms with Gasteiger partial charge in [-0.05, 0) is 54.0 Å². The van der Waals surface area contributed by atoms with E-state index in [1.54, 1.807) is 19.1 Å². The van der Waals surface area contributed by atoms with Crippen LogP contribution in [0.3, 0.4) is 0 Å². The van der Waals surface area contributed by atoms with Crippen LogP contribution in [-0.2, 0) is 6.04 Å². The standard InChI is InChI=1S/C21H26F2Si/c1-14-3-8-17(9-4-14)18-10-6-16(7-11-18)13-24-19-12-5-15(2)20(22)21(19)23/h5-7,10-12,14,17H,3-4,8-9,13,24H2,1-2H3. The molecular weight excluding hydrogens is 318 g/mol. The summed E-state index contributed by atoms with van der Waals surface area (Å²) in [7, 11) is -0.833. The molecular formula is C21H26F2Si. The summed E-state index contributed by atoms with van der Waals surface area (Å²) in [6.07, 6.45) is 5.25. The maximum Gasteiger partial charge on any atom is 0.161 e. The molecule has 1 saturated carbocycles. The van der Waals surface area contributed by atoms with Crippen LogP contribution in [0.15, 0.2) is 36.4 Å². The Labute approximate surface area is 146 Å². The van der Waals surface area contributed by atoms with Crippen LogP contribution < -0.4 is 5.19 Å². The Bertz CT molecular complexity index is 686. The molecule has 0 bridgehead atoms. The molecule has 1 aliphatic carbocycles. The van der Waals surface area contributed by atoms with E-state index < -0.39 is 21.2 Å². The van der Waals surface area contributed by atoms with Gasteiger partial charge in [-0.15, -0.1) is 0 Å². The molecule has 1 fully saturated rings. The predicted molar refractivity (Wildman–Crippen MR) is 99.8 cm³/mol. The maximum absolute atomic E-state index is 14.0. The van der Waals surface area contributed by atoms with Crippen LogP contribution in [0.5, 0.6) is 0 Å². The zero-order valence-corrected chi connectivity index (χ0v) is 16.0. The average molecular weight is 345 g/mol. The lowest BCUT2D eigenvalue weighted by Gasteiger charge is -2.26. The second-order valence-corrected chi connectivity index (χ2v) is 9.13. The van der Waals surface area contributed by atoms with Crippen molar-refractivity contribution in [3.8, 4) is 0 Å². The van der Waals surface area contributed by atoms with Gasteiger partial charge in [0.2, 0.25) is 0 Å². The van der Waals surface area contributed by atoms with Crippen LogP contribution in [0, 0.1) is 24.5 Å². The molecule has 128 valence electrons. The van der Waals surface area contributed by atoms with Crippen LogP contribution in [-0.4, -0.2) is 9.52 Å². The highest BCUT2D eigenvalue weighted by Gasteiger charge is 2.19. The smallest absolute Gasteiger partial charge is 0.161 e. The molecule has 0 amide bonds. The van der Waals surface area contributed by atoms with Crippen molar-refractivity contribution < 1.29 is 8.78 Å². The largest absolute Gasteiger partial charge is 0.204 e. The van der Waals surface area contributed by atoms with Crippen molar-refractivity contribution in [1.82, 2.24) is 0 Å². The van der Waals surface area contributed by atoms with Gasteiger partial charge >= 0.3 is 0 Å². The fraction of sp³-hybridized carbons (Fsp3) is 0.429. The van der Waals surface area contributed by atoms with E-state index in [9.17, 15) is 8.78 Å². The summed E-state index contributed by atoms with van der Waals surface area (Å²) in [6, 6.07) is 13.2. The zero-order valence-electron chi connectivity index (χ0n) is 14.6. The first kappa shape index (κ1) is 17.3. The Morgan fingerprint density at radius 3 is 2.25 bits per heavy atom. The van der Waals surface area contributed by atoms with E-state index in [1.807, 2.05) is 0 Å². The molecule has 0 saturated heterocycles. The molecule has 24 heavy (non-hydrogen) atoms. The minimum Gasteiger partial charge on any atom is -0.204 e. The summed E-state index contributed by atoms with van der Waals surface area (Å²) in [5, 5.41) is 0.600. The average Bonchev–Trinajstić information content (AvgIpc) is 2.60. The van der Waals surface area contributed by atoms with Crippen molar-refractivity contribution in [3.05, 3.63) is 64.7 Å². The lowest BCUT2D eigenvalue weighted by Crippen LogP contribution is -2.22. The summed E-state index contributed by atoms with van der Waals surface area (Å²) in [5.74, 6) is 0.268. The minimum absolute atomic E-state index is 0.386. The Balaban J connectivity index is 1.61. The van der Waals surface area contributed by atoms with Crippen LogP contribution in [0.25, 0.3) is 0 Å². The van der Waals surface area contributed by atoms with Gasteiger partial charge in [0, 0.05) is 0 Å². The maximum atomic E-state index is 14.0. The third-order valence-corrected chi connectivity index (χ3v) is 7.42. The summed E-state index contributed by atoms with van der Waals surface area (Å²) >= 11 is 0. The summed E-state index contributed by atoms with van der Waals surface area (Å²) in [4.78, 5) is 0. The Morgan fingerprint density at radius 2 is 1.58 bits per heavy atom. The van der Waals surface area contributed by atoms with Crippen LogP contribution in [0.1, 0.15) is 55.2 Å². The van der Waals surface area contributed by atoms with E-state index in [0.29, 0.717) is 16.7 Å². The van der Waals surface area contributed by atoms with Crippen molar-refractivity contribution in [2.24, 2.45) is 5.92 Å². The van der Waals surface area contributed by atoms with E-state index in [4.69, 9.17) is 0 Å². The number of aryl methyl sites for hydroxylation is 1. The van der Waals surface area contributed by atoms with E-state index in [2.05, 4.69) is 31.2 Å². The minimum atomic E-state index is -0.833. The van der Waals surface area contributed by atoms with Crippen molar-refractivity contribution in [3.63, 3.8) is 0 Å². The van der Waals surface area contributed by atoms with Crippen molar-refractivity contribution >= 4 is 14.7 Å².